The van der Waals surface area contributed by atoms with Gasteiger partial charge >= 0.3 is 0 Å². The van der Waals surface area contributed by atoms with E-state index in [9.17, 15) is 24.0 Å². The van der Waals surface area contributed by atoms with E-state index >= 15 is 0 Å². The number of likely N-dealkylation sites (tertiary alicyclic amines) is 1. The highest BCUT2D eigenvalue weighted by Crippen LogP contribution is 2.24. The van der Waals surface area contributed by atoms with Crippen LogP contribution in [0.1, 0.15) is 52.0 Å². The van der Waals surface area contributed by atoms with Crippen LogP contribution in [-0.2, 0) is 24.0 Å². The van der Waals surface area contributed by atoms with Gasteiger partial charge in [-0.05, 0) is 54.9 Å². The molecule has 0 spiro atoms. The summed E-state index contributed by atoms with van der Waals surface area (Å²) < 4.78 is 0. The quantitative estimate of drug-likeness (QED) is 0.297. The lowest BCUT2D eigenvalue weighted by Crippen LogP contribution is -2.56. The minimum atomic E-state index is -1.17. The minimum Gasteiger partial charge on any atom is -0.356 e. The minimum absolute atomic E-state index is 0.0150. The van der Waals surface area contributed by atoms with Crippen LogP contribution < -0.4 is 16.0 Å². The van der Waals surface area contributed by atoms with Gasteiger partial charge in [-0.15, -0.1) is 0 Å². The molecule has 1 aromatic carbocycles. The molecule has 4 amide bonds. The molecular formula is C27H34Cl2N4O5. The largest absolute Gasteiger partial charge is 0.356 e. The maximum Gasteiger partial charge on any atom is 0.292 e. The standard InChI is InChI=1S/C27H34Cl2N4O5/c1-27(2,3)15-21(31-22(34)8-6-16-5-7-18(28)14-19(16)29)25(37)32-20(13-17-9-10-30-24(17)36)23(35)26(38)33-11-4-12-33/h5-8,14,17,20-21H,4,9-13,15H2,1-3H3,(H,30,36)(H,31,34)(H,32,37)/b8-6+/t17?,20?,21-/m0/s1. The summed E-state index contributed by atoms with van der Waals surface area (Å²) in [7, 11) is 0. The normalized spacial score (nSPS) is 18.9. The lowest BCUT2D eigenvalue weighted by atomic mass is 9.87. The van der Waals surface area contributed by atoms with Crippen LogP contribution >= 0.6 is 23.2 Å². The number of carbonyl (C=O) groups excluding carboxylic acids is 5. The Balaban J connectivity index is 1.75. The van der Waals surface area contributed by atoms with Crippen molar-refractivity contribution in [2.75, 3.05) is 19.6 Å². The highest BCUT2D eigenvalue weighted by molar-refractivity contribution is 6.38. The fourth-order valence-corrected chi connectivity index (χ4v) is 4.80. The van der Waals surface area contributed by atoms with Crippen molar-refractivity contribution >= 4 is 58.7 Å². The third kappa shape index (κ3) is 8.30. The Hall–Kier alpha value is -2.91. The molecule has 2 aliphatic rings. The number of hydrogen-bond donors (Lipinski definition) is 3. The average Bonchev–Trinajstić information content (AvgIpc) is 3.19. The van der Waals surface area contributed by atoms with E-state index < -0.39 is 41.5 Å². The number of carbonyl (C=O) groups is 5. The number of nitrogens with one attached hydrogen (secondary N) is 3. The molecule has 0 bridgehead atoms. The third-order valence-corrected chi connectivity index (χ3v) is 7.06. The van der Waals surface area contributed by atoms with Crippen molar-refractivity contribution in [3.63, 3.8) is 0 Å². The monoisotopic (exact) mass is 564 g/mol. The smallest absolute Gasteiger partial charge is 0.292 e. The van der Waals surface area contributed by atoms with E-state index in [2.05, 4.69) is 16.0 Å². The highest BCUT2D eigenvalue weighted by atomic mass is 35.5. The summed E-state index contributed by atoms with van der Waals surface area (Å²) in [5, 5.41) is 8.93. The van der Waals surface area contributed by atoms with Crippen molar-refractivity contribution in [3.8, 4) is 0 Å². The van der Waals surface area contributed by atoms with Gasteiger partial charge in [0.15, 0.2) is 0 Å². The summed E-state index contributed by atoms with van der Waals surface area (Å²) in [5.74, 6) is -3.25. The Morgan fingerprint density at radius 2 is 1.84 bits per heavy atom. The first kappa shape index (κ1) is 29.6. The lowest BCUT2D eigenvalue weighted by Gasteiger charge is -2.32. The van der Waals surface area contributed by atoms with Gasteiger partial charge in [-0.25, -0.2) is 0 Å². The number of halogens is 2. The molecule has 9 nitrogen and oxygen atoms in total. The molecule has 0 saturated carbocycles. The van der Waals surface area contributed by atoms with Crippen molar-refractivity contribution in [3.05, 3.63) is 39.9 Å². The van der Waals surface area contributed by atoms with Gasteiger partial charge < -0.3 is 20.9 Å². The first-order valence-electron chi connectivity index (χ1n) is 12.7. The average molecular weight is 565 g/mol. The zero-order valence-electron chi connectivity index (χ0n) is 21.8. The van der Waals surface area contributed by atoms with Crippen LogP contribution in [0.4, 0.5) is 0 Å². The Morgan fingerprint density at radius 3 is 2.39 bits per heavy atom. The maximum absolute atomic E-state index is 13.4. The van der Waals surface area contributed by atoms with Gasteiger partial charge in [-0.3, -0.25) is 24.0 Å². The molecule has 3 N–H and O–H groups in total. The summed E-state index contributed by atoms with van der Waals surface area (Å²) in [5.41, 5.74) is 0.226. The Labute approximate surface area is 232 Å². The van der Waals surface area contributed by atoms with Crippen LogP contribution in [0.3, 0.4) is 0 Å². The van der Waals surface area contributed by atoms with Gasteiger partial charge in [0.1, 0.15) is 6.04 Å². The molecule has 206 valence electrons. The topological polar surface area (TPSA) is 125 Å². The second-order valence-corrected chi connectivity index (χ2v) is 11.8. The number of hydrogen-bond acceptors (Lipinski definition) is 5. The van der Waals surface area contributed by atoms with Gasteiger partial charge in [0, 0.05) is 41.7 Å². The molecular weight excluding hydrogens is 531 g/mol. The van der Waals surface area contributed by atoms with Gasteiger partial charge in [0.05, 0.1) is 6.04 Å². The lowest BCUT2D eigenvalue weighted by molar-refractivity contribution is -0.149. The molecule has 0 aromatic heterocycles. The zero-order chi connectivity index (χ0) is 28.0. The van der Waals surface area contributed by atoms with Crippen molar-refractivity contribution in [1.82, 2.24) is 20.9 Å². The zero-order valence-corrected chi connectivity index (χ0v) is 23.3. The molecule has 3 rings (SSSR count). The predicted octanol–water partition coefficient (Wildman–Crippen LogP) is 2.74. The van der Waals surface area contributed by atoms with E-state index in [-0.39, 0.29) is 24.2 Å². The SMILES string of the molecule is CC(C)(C)C[C@H](NC(=O)/C=C/c1ccc(Cl)cc1Cl)C(=O)NC(CC1CCNC1=O)C(=O)C(=O)N1CCC1. The second kappa shape index (κ2) is 12.8. The molecule has 2 heterocycles. The molecule has 2 unspecified atom stereocenters. The highest BCUT2D eigenvalue weighted by Gasteiger charge is 2.38. The number of benzene rings is 1. The van der Waals surface area contributed by atoms with Crippen LogP contribution in [0.2, 0.25) is 10.0 Å². The Kier molecular flexibility index (Phi) is 9.95. The maximum atomic E-state index is 13.4. The number of rotatable bonds is 10. The van der Waals surface area contributed by atoms with Gasteiger partial charge in [0.2, 0.25) is 23.5 Å². The van der Waals surface area contributed by atoms with Crippen molar-refractivity contribution in [1.29, 1.82) is 0 Å². The Bertz CT molecular complexity index is 1130. The first-order valence-corrected chi connectivity index (χ1v) is 13.4. The van der Waals surface area contributed by atoms with Crippen LogP contribution in [0.15, 0.2) is 24.3 Å². The van der Waals surface area contributed by atoms with Gasteiger partial charge in [0.25, 0.3) is 5.91 Å². The van der Waals surface area contributed by atoms with Gasteiger partial charge in [-0.1, -0.05) is 50.0 Å². The van der Waals surface area contributed by atoms with E-state index in [4.69, 9.17) is 23.2 Å². The van der Waals surface area contributed by atoms with Crippen LogP contribution in [0.5, 0.6) is 0 Å². The summed E-state index contributed by atoms with van der Waals surface area (Å²) in [4.78, 5) is 65.5. The van der Waals surface area contributed by atoms with Crippen molar-refractivity contribution < 1.29 is 24.0 Å². The number of Topliss-reactive ketones (excluding diaryl/α,β-unsaturated/α-hetero) is 1. The van der Waals surface area contributed by atoms with Crippen LogP contribution in [0, 0.1) is 11.3 Å². The van der Waals surface area contributed by atoms with Crippen LogP contribution in [0.25, 0.3) is 6.08 Å². The molecule has 0 radical (unpaired) electrons. The number of nitrogens with zero attached hydrogens (tertiary/aromatic N) is 1. The summed E-state index contributed by atoms with van der Waals surface area (Å²) in [6, 6.07) is 2.70. The summed E-state index contributed by atoms with van der Waals surface area (Å²) in [6.45, 7) is 7.21. The van der Waals surface area contributed by atoms with E-state index in [1.54, 1.807) is 18.2 Å². The summed E-state index contributed by atoms with van der Waals surface area (Å²) in [6.07, 6.45) is 4.38. The van der Waals surface area contributed by atoms with Crippen LogP contribution in [-0.4, -0.2) is 66.0 Å². The molecule has 0 aliphatic carbocycles. The van der Waals surface area contributed by atoms with E-state index in [0.29, 0.717) is 41.7 Å². The molecule has 1 aromatic rings. The van der Waals surface area contributed by atoms with E-state index in [0.717, 1.165) is 6.42 Å². The molecule has 2 fully saturated rings. The Morgan fingerprint density at radius 1 is 1.13 bits per heavy atom. The molecule has 3 atom stereocenters. The van der Waals surface area contributed by atoms with Gasteiger partial charge in [-0.2, -0.15) is 0 Å². The summed E-state index contributed by atoms with van der Waals surface area (Å²) >= 11 is 12.1. The fraction of sp³-hybridized carbons (Fsp3) is 0.519. The molecule has 38 heavy (non-hydrogen) atoms. The third-order valence-electron chi connectivity index (χ3n) is 6.50. The number of amides is 4. The van der Waals surface area contributed by atoms with Crippen molar-refractivity contribution in [2.45, 2.75) is 58.5 Å². The fourth-order valence-electron chi connectivity index (χ4n) is 4.33. The van der Waals surface area contributed by atoms with Crippen molar-refractivity contribution in [2.24, 2.45) is 11.3 Å². The number of ketones is 1. The molecule has 2 saturated heterocycles. The van der Waals surface area contributed by atoms with E-state index in [1.165, 1.54) is 17.1 Å². The second-order valence-electron chi connectivity index (χ2n) is 10.9. The molecule has 11 heteroatoms. The first-order chi connectivity index (χ1) is 17.8. The predicted molar refractivity (Wildman–Crippen MR) is 145 cm³/mol. The van der Waals surface area contributed by atoms with E-state index in [1.807, 2.05) is 20.8 Å². The molecule has 2 aliphatic heterocycles.